The molecule has 0 bridgehead atoms. The molecule has 1 unspecified atom stereocenters. The second kappa shape index (κ2) is 1.47. The Morgan fingerprint density at radius 1 is 1.75 bits per heavy atom. The molecule has 0 N–H and O–H groups in total. The van der Waals surface area contributed by atoms with E-state index in [4.69, 9.17) is 0 Å². The quantitative estimate of drug-likeness (QED) is 0.500. The van der Waals surface area contributed by atoms with E-state index in [0.717, 1.165) is 6.42 Å². The summed E-state index contributed by atoms with van der Waals surface area (Å²) >= 11 is 0. The Kier molecular flexibility index (Phi) is 1.03. The lowest BCUT2D eigenvalue weighted by molar-refractivity contribution is -0.130. The number of ether oxygens (including phenoxy) is 1. The molecule has 2 nitrogen and oxygen atoms in total. The van der Waals surface area contributed by atoms with Gasteiger partial charge in [-0.2, -0.15) is 0 Å². The summed E-state index contributed by atoms with van der Waals surface area (Å²) in [5, 5.41) is 0. The first-order valence-electron chi connectivity index (χ1n) is 2.76. The van der Waals surface area contributed by atoms with E-state index in [1.54, 1.807) is 0 Å². The molecule has 2 heteroatoms. The largest absolute Gasteiger partial charge is 0.464 e. The first-order chi connectivity index (χ1) is 3.67. The molecule has 1 aliphatic carbocycles. The monoisotopic (exact) mass is 114 g/mol. The van der Waals surface area contributed by atoms with E-state index in [1.807, 2.05) is 0 Å². The maximum atomic E-state index is 9.72. The minimum Gasteiger partial charge on any atom is -0.464 e. The molecule has 1 aliphatic rings. The molecule has 0 aromatic carbocycles. The van der Waals surface area contributed by atoms with Crippen molar-refractivity contribution in [3.8, 4) is 0 Å². The summed E-state index contributed by atoms with van der Waals surface area (Å²) in [6.45, 7) is 4.70. The minimum absolute atomic E-state index is 0.194. The van der Waals surface area contributed by atoms with Gasteiger partial charge in [-0.15, -0.1) is 0 Å². The molecule has 1 atom stereocenters. The number of carbonyl (C=O) groups is 1. The van der Waals surface area contributed by atoms with E-state index in [9.17, 15) is 4.79 Å². The van der Waals surface area contributed by atoms with Gasteiger partial charge in [0.1, 0.15) is 6.10 Å². The third-order valence-electron chi connectivity index (χ3n) is 1.64. The van der Waals surface area contributed by atoms with Gasteiger partial charge in [0.25, 0.3) is 6.47 Å². The molecule has 1 saturated carbocycles. The van der Waals surface area contributed by atoms with E-state index in [0.29, 0.717) is 6.47 Å². The zero-order valence-corrected chi connectivity index (χ0v) is 5.18. The van der Waals surface area contributed by atoms with Crippen LogP contribution in [0.15, 0.2) is 0 Å². The van der Waals surface area contributed by atoms with E-state index in [1.165, 1.54) is 0 Å². The predicted octanol–water partition coefficient (Wildman–Crippen LogP) is 0.958. The number of hydrogen-bond acceptors (Lipinski definition) is 2. The summed E-state index contributed by atoms with van der Waals surface area (Å²) in [4.78, 5) is 9.72. The Bertz CT molecular complexity index is 107. The first-order valence-corrected chi connectivity index (χ1v) is 2.76. The van der Waals surface area contributed by atoms with Crippen LogP contribution in [0.5, 0.6) is 0 Å². The Balaban J connectivity index is 2.26. The second-order valence-corrected chi connectivity index (χ2v) is 2.91. The van der Waals surface area contributed by atoms with Gasteiger partial charge < -0.3 is 4.74 Å². The van der Waals surface area contributed by atoms with Crippen LogP contribution in [-0.4, -0.2) is 12.6 Å². The van der Waals surface area contributed by atoms with Crippen molar-refractivity contribution in [2.45, 2.75) is 26.4 Å². The lowest BCUT2D eigenvalue weighted by atomic mass is 10.2. The fraction of sp³-hybridized carbons (Fsp3) is 0.833. The lowest BCUT2D eigenvalue weighted by Gasteiger charge is -1.97. The molecule has 0 aliphatic heterocycles. The van der Waals surface area contributed by atoms with Crippen LogP contribution in [0.2, 0.25) is 0 Å². The fourth-order valence-corrected chi connectivity index (χ4v) is 0.718. The summed E-state index contributed by atoms with van der Waals surface area (Å²) in [7, 11) is 0. The van der Waals surface area contributed by atoms with Gasteiger partial charge in [0.15, 0.2) is 0 Å². The Morgan fingerprint density at radius 2 is 2.25 bits per heavy atom. The second-order valence-electron chi connectivity index (χ2n) is 2.91. The topological polar surface area (TPSA) is 26.3 Å². The van der Waals surface area contributed by atoms with Crippen molar-refractivity contribution in [1.82, 2.24) is 0 Å². The normalized spacial score (nSPS) is 31.5. The average molecular weight is 114 g/mol. The molecule has 0 radical (unpaired) electrons. The van der Waals surface area contributed by atoms with Crippen LogP contribution < -0.4 is 0 Å². The van der Waals surface area contributed by atoms with Crippen LogP contribution in [0.4, 0.5) is 0 Å². The van der Waals surface area contributed by atoms with Gasteiger partial charge >= 0.3 is 0 Å². The standard InChI is InChI=1S/C6H10O2/c1-6(2)3-5(6)8-4-7/h4-5H,3H2,1-2H3. The maximum Gasteiger partial charge on any atom is 0.293 e. The van der Waals surface area contributed by atoms with Gasteiger partial charge in [-0.3, -0.25) is 4.79 Å². The molecule has 0 amide bonds. The van der Waals surface area contributed by atoms with Crippen LogP contribution in [0.3, 0.4) is 0 Å². The Hall–Kier alpha value is -0.530. The molecule has 1 rings (SSSR count). The zero-order chi connectivity index (χ0) is 6.20. The SMILES string of the molecule is CC1(C)CC1OC=O. The highest BCUT2D eigenvalue weighted by molar-refractivity contribution is 5.38. The predicted molar refractivity (Wildman–Crippen MR) is 29.3 cm³/mol. The van der Waals surface area contributed by atoms with Crippen molar-refractivity contribution in [1.29, 1.82) is 0 Å². The average Bonchev–Trinajstić information content (AvgIpc) is 2.15. The number of rotatable bonds is 2. The summed E-state index contributed by atoms with van der Waals surface area (Å²) in [5.74, 6) is 0. The van der Waals surface area contributed by atoms with Crippen molar-refractivity contribution in [2.75, 3.05) is 0 Å². The molecule has 0 heterocycles. The van der Waals surface area contributed by atoms with E-state index in [2.05, 4.69) is 18.6 Å². The first kappa shape index (κ1) is 5.60. The van der Waals surface area contributed by atoms with Gasteiger partial charge in [0.2, 0.25) is 0 Å². The van der Waals surface area contributed by atoms with Crippen LogP contribution in [0, 0.1) is 5.41 Å². The molecule has 46 valence electrons. The van der Waals surface area contributed by atoms with E-state index in [-0.39, 0.29) is 11.5 Å². The third kappa shape index (κ3) is 0.831. The molecule has 0 aromatic heterocycles. The van der Waals surface area contributed by atoms with Crippen molar-refractivity contribution in [3.63, 3.8) is 0 Å². The third-order valence-corrected chi connectivity index (χ3v) is 1.64. The lowest BCUT2D eigenvalue weighted by Crippen LogP contribution is -1.98. The van der Waals surface area contributed by atoms with Gasteiger partial charge in [0, 0.05) is 5.41 Å². The van der Waals surface area contributed by atoms with E-state index >= 15 is 0 Å². The summed E-state index contributed by atoms with van der Waals surface area (Å²) < 4.78 is 4.69. The van der Waals surface area contributed by atoms with Crippen molar-refractivity contribution >= 4 is 6.47 Å². The fourth-order valence-electron chi connectivity index (χ4n) is 0.718. The van der Waals surface area contributed by atoms with E-state index < -0.39 is 0 Å². The Labute approximate surface area is 48.8 Å². The van der Waals surface area contributed by atoms with Crippen LogP contribution in [-0.2, 0) is 9.53 Å². The molecule has 0 aromatic rings. The van der Waals surface area contributed by atoms with Crippen LogP contribution in [0.25, 0.3) is 0 Å². The molecular formula is C6H10O2. The zero-order valence-electron chi connectivity index (χ0n) is 5.18. The molecule has 1 fully saturated rings. The van der Waals surface area contributed by atoms with Crippen molar-refractivity contribution in [2.24, 2.45) is 5.41 Å². The summed E-state index contributed by atoms with van der Waals surface area (Å²) in [6, 6.07) is 0. The van der Waals surface area contributed by atoms with Crippen molar-refractivity contribution in [3.05, 3.63) is 0 Å². The highest BCUT2D eigenvalue weighted by atomic mass is 16.5. The Morgan fingerprint density at radius 3 is 2.38 bits per heavy atom. The molecule has 0 spiro atoms. The van der Waals surface area contributed by atoms with Gasteiger partial charge in [-0.05, 0) is 6.42 Å². The smallest absolute Gasteiger partial charge is 0.293 e. The number of hydrogen-bond donors (Lipinski definition) is 0. The summed E-state index contributed by atoms with van der Waals surface area (Å²) in [6.07, 6.45) is 1.21. The van der Waals surface area contributed by atoms with Crippen LogP contribution >= 0.6 is 0 Å². The van der Waals surface area contributed by atoms with Crippen LogP contribution in [0.1, 0.15) is 20.3 Å². The minimum atomic E-state index is 0.194. The molecular weight excluding hydrogens is 104 g/mol. The highest BCUT2D eigenvalue weighted by Crippen LogP contribution is 2.46. The number of carbonyl (C=O) groups excluding carboxylic acids is 1. The molecule has 0 saturated heterocycles. The maximum absolute atomic E-state index is 9.72. The van der Waals surface area contributed by atoms with Gasteiger partial charge in [-0.1, -0.05) is 13.8 Å². The summed E-state index contributed by atoms with van der Waals surface area (Å²) in [5.41, 5.74) is 0.265. The highest BCUT2D eigenvalue weighted by Gasteiger charge is 2.47. The van der Waals surface area contributed by atoms with Crippen molar-refractivity contribution < 1.29 is 9.53 Å². The van der Waals surface area contributed by atoms with Gasteiger partial charge in [0.05, 0.1) is 0 Å². The molecule has 8 heavy (non-hydrogen) atoms. The van der Waals surface area contributed by atoms with Gasteiger partial charge in [-0.25, -0.2) is 0 Å².